The maximum atomic E-state index is 11.0. The van der Waals surface area contributed by atoms with Crippen molar-refractivity contribution in [3.05, 3.63) is 0 Å². The lowest BCUT2D eigenvalue weighted by atomic mass is 9.95. The third-order valence-corrected chi connectivity index (χ3v) is 3.08. The number of carboxylic acids is 1. The van der Waals surface area contributed by atoms with Gasteiger partial charge in [0.15, 0.2) is 0 Å². The van der Waals surface area contributed by atoms with Crippen LogP contribution in [0.4, 0.5) is 0 Å². The standard InChI is InChI=1S/C14H28O3/c1-12(2)8-5-4-6-9-13(14(15)16)10-7-11-17-3/h12-13H,4-11H2,1-3H3,(H,15,16). The summed E-state index contributed by atoms with van der Waals surface area (Å²) in [5.74, 6) is -0.0684. The van der Waals surface area contributed by atoms with Crippen LogP contribution in [0, 0.1) is 11.8 Å². The average Bonchev–Trinajstić information content (AvgIpc) is 2.25. The summed E-state index contributed by atoms with van der Waals surface area (Å²) in [7, 11) is 1.65. The molecule has 0 rings (SSSR count). The third kappa shape index (κ3) is 10.3. The highest BCUT2D eigenvalue weighted by atomic mass is 16.5. The van der Waals surface area contributed by atoms with Gasteiger partial charge in [0.05, 0.1) is 5.92 Å². The van der Waals surface area contributed by atoms with Crippen molar-refractivity contribution in [3.63, 3.8) is 0 Å². The van der Waals surface area contributed by atoms with Crippen LogP contribution < -0.4 is 0 Å². The SMILES string of the molecule is COCCCC(CCCCCC(C)C)C(=O)O. The van der Waals surface area contributed by atoms with Crippen LogP contribution >= 0.6 is 0 Å². The zero-order valence-corrected chi connectivity index (χ0v) is 11.6. The molecule has 3 nitrogen and oxygen atoms in total. The van der Waals surface area contributed by atoms with E-state index >= 15 is 0 Å². The number of ether oxygens (including phenoxy) is 1. The Bertz CT molecular complexity index is 190. The molecule has 102 valence electrons. The molecule has 0 aliphatic carbocycles. The first-order valence-corrected chi connectivity index (χ1v) is 6.79. The highest BCUT2D eigenvalue weighted by Crippen LogP contribution is 2.17. The highest BCUT2D eigenvalue weighted by Gasteiger charge is 2.16. The minimum absolute atomic E-state index is 0.177. The van der Waals surface area contributed by atoms with Crippen LogP contribution in [0.3, 0.4) is 0 Å². The molecule has 0 saturated heterocycles. The number of methoxy groups -OCH3 is 1. The van der Waals surface area contributed by atoms with Crippen molar-refractivity contribution in [1.29, 1.82) is 0 Å². The maximum absolute atomic E-state index is 11.0. The molecule has 1 N–H and O–H groups in total. The molecule has 17 heavy (non-hydrogen) atoms. The second kappa shape index (κ2) is 10.6. The van der Waals surface area contributed by atoms with Gasteiger partial charge < -0.3 is 9.84 Å². The number of rotatable bonds is 11. The third-order valence-electron chi connectivity index (χ3n) is 3.08. The van der Waals surface area contributed by atoms with Crippen molar-refractivity contribution < 1.29 is 14.6 Å². The van der Waals surface area contributed by atoms with Gasteiger partial charge in [0.1, 0.15) is 0 Å². The molecular formula is C14H28O3. The van der Waals surface area contributed by atoms with Gasteiger partial charge in [-0.2, -0.15) is 0 Å². The Morgan fingerprint density at radius 2 is 1.65 bits per heavy atom. The molecule has 0 aromatic carbocycles. The van der Waals surface area contributed by atoms with Crippen LogP contribution in [-0.4, -0.2) is 24.8 Å². The van der Waals surface area contributed by atoms with Gasteiger partial charge in [-0.25, -0.2) is 0 Å². The predicted molar refractivity (Wildman–Crippen MR) is 70.2 cm³/mol. The zero-order valence-electron chi connectivity index (χ0n) is 11.6. The number of hydrogen-bond donors (Lipinski definition) is 1. The summed E-state index contributed by atoms with van der Waals surface area (Å²) in [6.45, 7) is 5.12. The van der Waals surface area contributed by atoms with E-state index in [1.807, 2.05) is 0 Å². The quantitative estimate of drug-likeness (QED) is 0.563. The number of carbonyl (C=O) groups is 1. The first kappa shape index (κ1) is 16.4. The smallest absolute Gasteiger partial charge is 0.306 e. The largest absolute Gasteiger partial charge is 0.481 e. The maximum Gasteiger partial charge on any atom is 0.306 e. The van der Waals surface area contributed by atoms with Crippen LogP contribution in [0.5, 0.6) is 0 Å². The second-order valence-corrected chi connectivity index (χ2v) is 5.20. The molecule has 0 bridgehead atoms. The lowest BCUT2D eigenvalue weighted by Crippen LogP contribution is -2.14. The Kier molecular flexibility index (Phi) is 10.2. The van der Waals surface area contributed by atoms with Gasteiger partial charge in [0, 0.05) is 13.7 Å². The molecule has 0 saturated carbocycles. The summed E-state index contributed by atoms with van der Waals surface area (Å²) < 4.78 is 4.95. The molecule has 1 atom stereocenters. The topological polar surface area (TPSA) is 46.5 Å². The minimum atomic E-state index is -0.648. The van der Waals surface area contributed by atoms with E-state index in [1.54, 1.807) is 7.11 Å². The molecule has 3 heteroatoms. The van der Waals surface area contributed by atoms with Crippen LogP contribution in [0.1, 0.15) is 58.8 Å². The van der Waals surface area contributed by atoms with Gasteiger partial charge >= 0.3 is 5.97 Å². The number of unbranched alkanes of at least 4 members (excludes halogenated alkanes) is 2. The van der Waals surface area contributed by atoms with Gasteiger partial charge in [-0.15, -0.1) is 0 Å². The molecule has 0 aromatic rings. The summed E-state index contributed by atoms with van der Waals surface area (Å²) in [5, 5.41) is 9.08. The Hall–Kier alpha value is -0.570. The first-order valence-electron chi connectivity index (χ1n) is 6.79. The molecule has 0 spiro atoms. The zero-order chi connectivity index (χ0) is 13.1. The van der Waals surface area contributed by atoms with Crippen LogP contribution in [0.15, 0.2) is 0 Å². The molecule has 0 aromatic heterocycles. The lowest BCUT2D eigenvalue weighted by molar-refractivity contribution is -0.142. The molecule has 0 heterocycles. The van der Waals surface area contributed by atoms with Crippen LogP contribution in [-0.2, 0) is 9.53 Å². The fourth-order valence-corrected chi connectivity index (χ4v) is 1.99. The summed E-state index contributed by atoms with van der Waals surface area (Å²) in [6.07, 6.45) is 7.08. The highest BCUT2D eigenvalue weighted by molar-refractivity contribution is 5.69. The Balaban J connectivity index is 3.59. The van der Waals surface area contributed by atoms with E-state index in [1.165, 1.54) is 12.8 Å². The Morgan fingerprint density at radius 1 is 1.06 bits per heavy atom. The number of hydrogen-bond acceptors (Lipinski definition) is 2. The number of aliphatic carboxylic acids is 1. The second-order valence-electron chi connectivity index (χ2n) is 5.20. The molecule has 0 amide bonds. The van der Waals surface area contributed by atoms with Crippen molar-refractivity contribution in [3.8, 4) is 0 Å². The summed E-state index contributed by atoms with van der Waals surface area (Å²) in [4.78, 5) is 11.0. The average molecular weight is 244 g/mol. The monoisotopic (exact) mass is 244 g/mol. The van der Waals surface area contributed by atoms with Crippen molar-refractivity contribution in [2.45, 2.75) is 58.8 Å². The van der Waals surface area contributed by atoms with Crippen LogP contribution in [0.25, 0.3) is 0 Å². The lowest BCUT2D eigenvalue weighted by Gasteiger charge is -2.12. The van der Waals surface area contributed by atoms with E-state index < -0.39 is 5.97 Å². The number of carboxylic acid groups (broad SMARTS) is 1. The molecule has 0 radical (unpaired) electrons. The minimum Gasteiger partial charge on any atom is -0.481 e. The normalized spacial score (nSPS) is 12.9. The van der Waals surface area contributed by atoms with Crippen molar-refractivity contribution in [1.82, 2.24) is 0 Å². The van der Waals surface area contributed by atoms with Gasteiger partial charge in [-0.1, -0.05) is 39.5 Å². The predicted octanol–water partition coefficient (Wildman–Crippen LogP) is 3.72. The summed E-state index contributed by atoms with van der Waals surface area (Å²) >= 11 is 0. The van der Waals surface area contributed by atoms with Gasteiger partial charge in [0.2, 0.25) is 0 Å². The first-order chi connectivity index (χ1) is 8.07. The fraction of sp³-hybridized carbons (Fsp3) is 0.929. The van der Waals surface area contributed by atoms with Crippen molar-refractivity contribution >= 4 is 5.97 Å². The molecule has 0 aliphatic rings. The van der Waals surface area contributed by atoms with E-state index in [4.69, 9.17) is 9.84 Å². The molecule has 0 aliphatic heterocycles. The van der Waals surface area contributed by atoms with E-state index in [-0.39, 0.29) is 5.92 Å². The molecule has 1 unspecified atom stereocenters. The van der Waals surface area contributed by atoms with Crippen molar-refractivity contribution in [2.24, 2.45) is 11.8 Å². The Morgan fingerprint density at radius 3 is 2.18 bits per heavy atom. The van der Waals surface area contributed by atoms with Gasteiger partial charge in [0.25, 0.3) is 0 Å². The fourth-order valence-electron chi connectivity index (χ4n) is 1.99. The van der Waals surface area contributed by atoms with E-state index in [2.05, 4.69) is 13.8 Å². The molecular weight excluding hydrogens is 216 g/mol. The summed E-state index contributed by atoms with van der Waals surface area (Å²) in [6, 6.07) is 0. The van der Waals surface area contributed by atoms with Crippen molar-refractivity contribution in [2.75, 3.05) is 13.7 Å². The summed E-state index contributed by atoms with van der Waals surface area (Å²) in [5.41, 5.74) is 0. The van der Waals surface area contributed by atoms with Crippen LogP contribution in [0.2, 0.25) is 0 Å². The van der Waals surface area contributed by atoms with Gasteiger partial charge in [-0.05, 0) is 25.2 Å². The Labute approximate surface area is 106 Å². The van der Waals surface area contributed by atoms with Gasteiger partial charge in [-0.3, -0.25) is 4.79 Å². The van der Waals surface area contributed by atoms with E-state index in [0.29, 0.717) is 6.61 Å². The van der Waals surface area contributed by atoms with E-state index in [9.17, 15) is 4.79 Å². The molecule has 0 fully saturated rings. The van der Waals surface area contributed by atoms with E-state index in [0.717, 1.165) is 38.0 Å².